The third kappa shape index (κ3) is 2.65. The molecular formula is C14H12F2O2. The van der Waals surface area contributed by atoms with Gasteiger partial charge in [0.25, 0.3) is 0 Å². The van der Waals surface area contributed by atoms with Gasteiger partial charge in [0, 0.05) is 0 Å². The molecule has 0 radical (unpaired) electrons. The van der Waals surface area contributed by atoms with Gasteiger partial charge >= 0.3 is 0 Å². The van der Waals surface area contributed by atoms with Crippen LogP contribution >= 0.6 is 0 Å². The second kappa shape index (κ2) is 5.14. The third-order valence-electron chi connectivity index (χ3n) is 2.47. The molecule has 0 saturated carbocycles. The van der Waals surface area contributed by atoms with Crippen LogP contribution in [0.1, 0.15) is 18.6 Å². The average molecular weight is 250 g/mol. The lowest BCUT2D eigenvalue weighted by molar-refractivity contribution is 0.190. The zero-order chi connectivity index (χ0) is 13.1. The summed E-state index contributed by atoms with van der Waals surface area (Å²) in [5.41, 5.74) is 0.0850. The number of aliphatic hydroxyl groups is 1. The van der Waals surface area contributed by atoms with Gasteiger partial charge in [-0.1, -0.05) is 6.07 Å². The molecule has 2 rings (SSSR count). The SMILES string of the molecule is C[C@H](O)c1c(F)cccc1Oc1ccc(F)cc1. The highest BCUT2D eigenvalue weighted by atomic mass is 19.1. The Labute approximate surface area is 103 Å². The summed E-state index contributed by atoms with van der Waals surface area (Å²) in [7, 11) is 0. The fraction of sp³-hybridized carbons (Fsp3) is 0.143. The number of halogens is 2. The van der Waals surface area contributed by atoms with Gasteiger partial charge in [0.05, 0.1) is 11.7 Å². The molecule has 4 heteroatoms. The minimum absolute atomic E-state index is 0.0850. The van der Waals surface area contributed by atoms with E-state index in [-0.39, 0.29) is 17.1 Å². The van der Waals surface area contributed by atoms with E-state index in [1.807, 2.05) is 0 Å². The number of ether oxygens (including phenoxy) is 1. The molecule has 1 atom stereocenters. The van der Waals surface area contributed by atoms with E-state index in [9.17, 15) is 13.9 Å². The number of hydrogen-bond acceptors (Lipinski definition) is 2. The lowest BCUT2D eigenvalue weighted by Gasteiger charge is -2.13. The van der Waals surface area contributed by atoms with Crippen molar-refractivity contribution in [2.24, 2.45) is 0 Å². The lowest BCUT2D eigenvalue weighted by atomic mass is 10.1. The molecule has 0 aromatic heterocycles. The van der Waals surface area contributed by atoms with Crippen molar-refractivity contribution in [3.05, 3.63) is 59.7 Å². The number of benzene rings is 2. The van der Waals surface area contributed by atoms with Crippen molar-refractivity contribution in [1.82, 2.24) is 0 Å². The van der Waals surface area contributed by atoms with Crippen molar-refractivity contribution >= 4 is 0 Å². The predicted molar refractivity (Wildman–Crippen MR) is 63.5 cm³/mol. The molecule has 0 fully saturated rings. The third-order valence-corrected chi connectivity index (χ3v) is 2.47. The first kappa shape index (κ1) is 12.5. The van der Waals surface area contributed by atoms with Gasteiger partial charge in [-0.25, -0.2) is 8.78 Å². The van der Waals surface area contributed by atoms with Crippen molar-refractivity contribution in [1.29, 1.82) is 0 Å². The Morgan fingerprint density at radius 3 is 2.33 bits per heavy atom. The summed E-state index contributed by atoms with van der Waals surface area (Å²) in [6.07, 6.45) is -0.985. The van der Waals surface area contributed by atoms with Crippen LogP contribution in [0.5, 0.6) is 11.5 Å². The maximum absolute atomic E-state index is 13.6. The minimum Gasteiger partial charge on any atom is -0.457 e. The summed E-state index contributed by atoms with van der Waals surface area (Å²) in [6.45, 7) is 1.45. The minimum atomic E-state index is -0.985. The molecule has 0 heterocycles. The van der Waals surface area contributed by atoms with Crippen LogP contribution in [0.15, 0.2) is 42.5 Å². The van der Waals surface area contributed by atoms with Crippen molar-refractivity contribution < 1.29 is 18.6 Å². The van der Waals surface area contributed by atoms with Crippen molar-refractivity contribution in [2.45, 2.75) is 13.0 Å². The topological polar surface area (TPSA) is 29.5 Å². The summed E-state index contributed by atoms with van der Waals surface area (Å²) in [5, 5.41) is 9.53. The van der Waals surface area contributed by atoms with Gasteiger partial charge in [0.15, 0.2) is 0 Å². The van der Waals surface area contributed by atoms with E-state index in [1.54, 1.807) is 6.07 Å². The molecule has 2 aromatic rings. The molecule has 0 unspecified atom stereocenters. The molecule has 1 N–H and O–H groups in total. The van der Waals surface area contributed by atoms with Gasteiger partial charge in [0.2, 0.25) is 0 Å². The smallest absolute Gasteiger partial charge is 0.136 e. The van der Waals surface area contributed by atoms with Crippen molar-refractivity contribution in [3.63, 3.8) is 0 Å². The molecule has 0 amide bonds. The molecule has 0 bridgehead atoms. The maximum Gasteiger partial charge on any atom is 0.136 e. The van der Waals surface area contributed by atoms with Crippen LogP contribution in [-0.2, 0) is 0 Å². The standard InChI is InChI=1S/C14H12F2O2/c1-9(17)14-12(16)3-2-4-13(14)18-11-7-5-10(15)6-8-11/h2-9,17H,1H3/t9-/m0/s1. The zero-order valence-corrected chi connectivity index (χ0v) is 9.73. The number of hydrogen-bond donors (Lipinski definition) is 1. The quantitative estimate of drug-likeness (QED) is 0.897. The van der Waals surface area contributed by atoms with E-state index in [4.69, 9.17) is 4.74 Å². The molecule has 94 valence electrons. The second-order valence-electron chi connectivity index (χ2n) is 3.88. The molecular weight excluding hydrogens is 238 g/mol. The molecule has 0 saturated heterocycles. The van der Waals surface area contributed by atoms with E-state index in [0.717, 1.165) is 0 Å². The lowest BCUT2D eigenvalue weighted by Crippen LogP contribution is -1.99. The Hall–Kier alpha value is -1.94. The molecule has 2 aromatic carbocycles. The number of rotatable bonds is 3. The van der Waals surface area contributed by atoms with Gasteiger partial charge < -0.3 is 9.84 Å². The Morgan fingerprint density at radius 2 is 1.72 bits per heavy atom. The van der Waals surface area contributed by atoms with E-state index in [0.29, 0.717) is 5.75 Å². The van der Waals surface area contributed by atoms with Crippen molar-refractivity contribution in [2.75, 3.05) is 0 Å². The molecule has 0 aliphatic carbocycles. The van der Waals surface area contributed by atoms with E-state index < -0.39 is 11.9 Å². The molecule has 18 heavy (non-hydrogen) atoms. The Balaban J connectivity index is 2.34. The molecule has 0 aliphatic rings. The monoisotopic (exact) mass is 250 g/mol. The van der Waals surface area contributed by atoms with Gasteiger partial charge in [-0.05, 0) is 43.3 Å². The Morgan fingerprint density at radius 1 is 1.06 bits per heavy atom. The summed E-state index contributed by atoms with van der Waals surface area (Å²) in [4.78, 5) is 0. The van der Waals surface area contributed by atoms with Crippen LogP contribution in [0.4, 0.5) is 8.78 Å². The van der Waals surface area contributed by atoms with E-state index in [2.05, 4.69) is 0 Å². The van der Waals surface area contributed by atoms with Gasteiger partial charge in [-0.2, -0.15) is 0 Å². The highest BCUT2D eigenvalue weighted by Gasteiger charge is 2.15. The number of aliphatic hydroxyl groups excluding tert-OH is 1. The van der Waals surface area contributed by atoms with E-state index >= 15 is 0 Å². The van der Waals surface area contributed by atoms with Gasteiger partial charge in [0.1, 0.15) is 23.1 Å². The zero-order valence-electron chi connectivity index (χ0n) is 9.73. The summed E-state index contributed by atoms with van der Waals surface area (Å²) in [5.74, 6) is -0.317. The van der Waals surface area contributed by atoms with Crippen LogP contribution in [0.3, 0.4) is 0 Å². The first-order valence-corrected chi connectivity index (χ1v) is 5.48. The Kier molecular flexibility index (Phi) is 3.58. The van der Waals surface area contributed by atoms with Crippen LogP contribution in [-0.4, -0.2) is 5.11 Å². The summed E-state index contributed by atoms with van der Waals surface area (Å²) in [6, 6.07) is 9.65. The van der Waals surface area contributed by atoms with Crippen LogP contribution in [0, 0.1) is 11.6 Å². The first-order valence-electron chi connectivity index (χ1n) is 5.48. The molecule has 0 aliphatic heterocycles. The highest BCUT2D eigenvalue weighted by molar-refractivity contribution is 5.39. The summed E-state index contributed by atoms with van der Waals surface area (Å²) >= 11 is 0. The van der Waals surface area contributed by atoms with Crippen LogP contribution in [0.25, 0.3) is 0 Å². The fourth-order valence-electron chi connectivity index (χ4n) is 1.64. The highest BCUT2D eigenvalue weighted by Crippen LogP contribution is 2.31. The first-order chi connectivity index (χ1) is 8.58. The van der Waals surface area contributed by atoms with Crippen molar-refractivity contribution in [3.8, 4) is 11.5 Å². The average Bonchev–Trinajstić information content (AvgIpc) is 2.32. The molecule has 2 nitrogen and oxygen atoms in total. The van der Waals surface area contributed by atoms with Crippen LogP contribution in [0.2, 0.25) is 0 Å². The van der Waals surface area contributed by atoms with E-state index in [1.165, 1.54) is 43.3 Å². The predicted octanol–water partition coefficient (Wildman–Crippen LogP) is 3.81. The second-order valence-corrected chi connectivity index (χ2v) is 3.88. The summed E-state index contributed by atoms with van der Waals surface area (Å²) < 4.78 is 31.7. The normalized spacial score (nSPS) is 12.2. The van der Waals surface area contributed by atoms with Gasteiger partial charge in [-0.3, -0.25) is 0 Å². The van der Waals surface area contributed by atoms with Gasteiger partial charge in [-0.15, -0.1) is 0 Å². The molecule has 0 spiro atoms. The Bertz CT molecular complexity index is 536. The fourth-order valence-corrected chi connectivity index (χ4v) is 1.64. The maximum atomic E-state index is 13.6. The largest absolute Gasteiger partial charge is 0.457 e. The van der Waals surface area contributed by atoms with Crippen LogP contribution < -0.4 is 4.74 Å².